The van der Waals surface area contributed by atoms with Crippen LogP contribution >= 0.6 is 0 Å². The number of fused-ring (bicyclic) bond motifs is 1. The molecule has 3 aromatic rings. The number of aliphatic hydroxyl groups is 1. The van der Waals surface area contributed by atoms with E-state index in [4.69, 9.17) is 4.42 Å². The Labute approximate surface area is 139 Å². The van der Waals surface area contributed by atoms with Crippen molar-refractivity contribution in [1.29, 1.82) is 0 Å². The second-order valence-electron chi connectivity index (χ2n) is 5.63. The molecule has 0 spiro atoms. The molecule has 2 aromatic heterocycles. The van der Waals surface area contributed by atoms with Crippen molar-refractivity contribution in [2.24, 2.45) is 0 Å². The van der Waals surface area contributed by atoms with Crippen LogP contribution in [-0.4, -0.2) is 27.4 Å². The van der Waals surface area contributed by atoms with E-state index in [2.05, 4.69) is 15.3 Å². The minimum Gasteiger partial charge on any atom is -0.442 e. The third-order valence-corrected chi connectivity index (χ3v) is 3.91. The maximum Gasteiger partial charge on any atom is 0.232 e. The number of carbonyl (C=O) groups is 1. The predicted molar refractivity (Wildman–Crippen MR) is 91.1 cm³/mol. The molecule has 0 fully saturated rings. The zero-order valence-electron chi connectivity index (χ0n) is 13.6. The van der Waals surface area contributed by atoms with Crippen LogP contribution in [0.1, 0.15) is 41.1 Å². The normalized spacial score (nSPS) is 12.3. The van der Waals surface area contributed by atoms with Gasteiger partial charge in [-0.05, 0) is 25.8 Å². The number of carbonyl (C=O) groups excluding carboxylic acids is 1. The molecule has 1 aromatic carbocycles. The molecule has 0 saturated heterocycles. The molecule has 0 radical (unpaired) electrons. The average Bonchev–Trinajstić information content (AvgIpc) is 2.92. The number of nitrogens with zero attached hydrogens (tertiary/aromatic N) is 2. The Bertz CT molecular complexity index is 859. The van der Waals surface area contributed by atoms with Gasteiger partial charge in [0.1, 0.15) is 17.9 Å². The second kappa shape index (κ2) is 6.80. The number of ketones is 1. The number of aryl methyl sites for hydroxylation is 1. The van der Waals surface area contributed by atoms with Gasteiger partial charge in [0.25, 0.3) is 0 Å². The highest BCUT2D eigenvalue weighted by Gasteiger charge is 2.20. The summed E-state index contributed by atoms with van der Waals surface area (Å²) < 4.78 is 5.54. The van der Waals surface area contributed by atoms with E-state index in [9.17, 15) is 9.90 Å². The Morgan fingerprint density at radius 2 is 2.04 bits per heavy atom. The van der Waals surface area contributed by atoms with Crippen LogP contribution in [0, 0.1) is 6.92 Å². The molecule has 1 atom stereocenters. The Hall–Kier alpha value is -2.73. The van der Waals surface area contributed by atoms with Gasteiger partial charge in [0.2, 0.25) is 5.71 Å². The summed E-state index contributed by atoms with van der Waals surface area (Å²) in [6.45, 7) is 3.73. The van der Waals surface area contributed by atoms with Crippen molar-refractivity contribution in [2.75, 3.05) is 11.9 Å². The van der Waals surface area contributed by atoms with Gasteiger partial charge >= 0.3 is 0 Å². The molecule has 0 saturated carbocycles. The molecule has 0 aliphatic rings. The molecule has 2 N–H and O–H groups in total. The lowest BCUT2D eigenvalue weighted by Crippen LogP contribution is -2.09. The molecule has 3 rings (SSSR count). The maximum atomic E-state index is 11.9. The molecule has 0 aliphatic carbocycles. The van der Waals surface area contributed by atoms with E-state index in [1.165, 1.54) is 13.3 Å². The lowest BCUT2D eigenvalue weighted by atomic mass is 10.1. The summed E-state index contributed by atoms with van der Waals surface area (Å²) in [4.78, 5) is 20.2. The highest BCUT2D eigenvalue weighted by Crippen LogP contribution is 2.29. The minimum atomic E-state index is -0.561. The third-order valence-electron chi connectivity index (χ3n) is 3.91. The number of hydrogen-bond acceptors (Lipinski definition) is 6. The van der Waals surface area contributed by atoms with Crippen LogP contribution in [0.2, 0.25) is 0 Å². The highest BCUT2D eigenvalue weighted by molar-refractivity contribution is 6.09. The Kier molecular flexibility index (Phi) is 4.57. The summed E-state index contributed by atoms with van der Waals surface area (Å²) in [6, 6.07) is 9.49. The molecule has 0 bridgehead atoms. The van der Waals surface area contributed by atoms with Crippen LogP contribution in [0.3, 0.4) is 0 Å². The summed E-state index contributed by atoms with van der Waals surface area (Å²) in [5.74, 6) is 0.987. The molecule has 6 nitrogen and oxygen atoms in total. The summed E-state index contributed by atoms with van der Waals surface area (Å²) >= 11 is 0. The smallest absolute Gasteiger partial charge is 0.232 e. The fourth-order valence-electron chi connectivity index (χ4n) is 2.77. The monoisotopic (exact) mass is 325 g/mol. The van der Waals surface area contributed by atoms with E-state index in [0.29, 0.717) is 41.2 Å². The van der Waals surface area contributed by atoms with E-state index in [-0.39, 0.29) is 5.78 Å². The molecule has 6 heteroatoms. The summed E-state index contributed by atoms with van der Waals surface area (Å²) in [6.07, 6.45) is 1.35. The maximum absolute atomic E-state index is 11.9. The number of hydrogen-bond donors (Lipinski definition) is 2. The van der Waals surface area contributed by atoms with Crippen LogP contribution in [0.5, 0.6) is 0 Å². The van der Waals surface area contributed by atoms with Gasteiger partial charge in [0, 0.05) is 6.54 Å². The van der Waals surface area contributed by atoms with E-state index in [1.54, 1.807) is 6.92 Å². The van der Waals surface area contributed by atoms with Gasteiger partial charge in [-0.2, -0.15) is 0 Å². The fraction of sp³-hybridized carbons (Fsp3) is 0.278. The van der Waals surface area contributed by atoms with Gasteiger partial charge in [0.05, 0.1) is 17.1 Å². The first-order valence-electron chi connectivity index (χ1n) is 7.80. The molecule has 2 heterocycles. The standard InChI is InChI=1S/C18H19N3O3/c1-11(22)15-12(2)24-18-16(15)17(20-10-21-18)19-9-8-14(23)13-6-4-3-5-7-13/h3-7,10,14,23H,8-9H2,1-2H3,(H,19,20,21). The zero-order valence-corrected chi connectivity index (χ0v) is 13.6. The zero-order chi connectivity index (χ0) is 17.1. The quantitative estimate of drug-likeness (QED) is 0.676. The van der Waals surface area contributed by atoms with Crippen molar-refractivity contribution in [1.82, 2.24) is 9.97 Å². The number of Topliss-reactive ketones (excluding diaryl/α,β-unsaturated/α-hetero) is 1. The fourth-order valence-corrected chi connectivity index (χ4v) is 2.77. The van der Waals surface area contributed by atoms with Crippen molar-refractivity contribution in [3.05, 3.63) is 53.5 Å². The van der Waals surface area contributed by atoms with Crippen LogP contribution in [-0.2, 0) is 0 Å². The predicted octanol–water partition coefficient (Wildman–Crippen LogP) is 3.27. The number of aromatic nitrogens is 2. The summed E-state index contributed by atoms with van der Waals surface area (Å²) in [5, 5.41) is 14.0. The number of furan rings is 1. The highest BCUT2D eigenvalue weighted by atomic mass is 16.3. The molecule has 24 heavy (non-hydrogen) atoms. The van der Waals surface area contributed by atoms with Crippen LogP contribution in [0.4, 0.5) is 5.82 Å². The lowest BCUT2D eigenvalue weighted by molar-refractivity contribution is 0.101. The van der Waals surface area contributed by atoms with Crippen molar-refractivity contribution in [3.63, 3.8) is 0 Å². The van der Waals surface area contributed by atoms with Crippen molar-refractivity contribution < 1.29 is 14.3 Å². The number of nitrogens with one attached hydrogen (secondary N) is 1. The molecule has 1 unspecified atom stereocenters. The van der Waals surface area contributed by atoms with Crippen molar-refractivity contribution in [3.8, 4) is 0 Å². The molecule has 0 aliphatic heterocycles. The Morgan fingerprint density at radius 3 is 2.75 bits per heavy atom. The van der Waals surface area contributed by atoms with Crippen LogP contribution in [0.15, 0.2) is 41.1 Å². The van der Waals surface area contributed by atoms with Crippen molar-refractivity contribution >= 4 is 22.7 Å². The van der Waals surface area contributed by atoms with E-state index in [1.807, 2.05) is 30.3 Å². The number of benzene rings is 1. The van der Waals surface area contributed by atoms with Gasteiger partial charge in [0.15, 0.2) is 5.78 Å². The SMILES string of the molecule is CC(=O)c1c(C)oc2ncnc(NCCC(O)c3ccccc3)c12. The van der Waals surface area contributed by atoms with E-state index >= 15 is 0 Å². The second-order valence-corrected chi connectivity index (χ2v) is 5.63. The summed E-state index contributed by atoms with van der Waals surface area (Å²) in [7, 11) is 0. The first-order chi connectivity index (χ1) is 11.6. The lowest BCUT2D eigenvalue weighted by Gasteiger charge is -2.12. The van der Waals surface area contributed by atoms with E-state index < -0.39 is 6.10 Å². The van der Waals surface area contributed by atoms with Crippen LogP contribution < -0.4 is 5.32 Å². The first-order valence-corrected chi connectivity index (χ1v) is 7.80. The Morgan fingerprint density at radius 1 is 1.29 bits per heavy atom. The number of rotatable bonds is 6. The Balaban J connectivity index is 1.77. The minimum absolute atomic E-state index is 0.0894. The van der Waals surface area contributed by atoms with Gasteiger partial charge in [-0.3, -0.25) is 4.79 Å². The van der Waals surface area contributed by atoms with Crippen LogP contribution in [0.25, 0.3) is 11.1 Å². The van der Waals surface area contributed by atoms with Crippen molar-refractivity contribution in [2.45, 2.75) is 26.4 Å². The number of aliphatic hydroxyl groups excluding tert-OH is 1. The van der Waals surface area contributed by atoms with Gasteiger partial charge in [-0.25, -0.2) is 9.97 Å². The summed E-state index contributed by atoms with van der Waals surface area (Å²) in [5.41, 5.74) is 1.76. The largest absolute Gasteiger partial charge is 0.442 e. The van der Waals surface area contributed by atoms with Gasteiger partial charge < -0.3 is 14.8 Å². The molecular weight excluding hydrogens is 306 g/mol. The molecule has 124 valence electrons. The third kappa shape index (κ3) is 3.14. The van der Waals surface area contributed by atoms with Gasteiger partial charge in [-0.1, -0.05) is 30.3 Å². The molecule has 0 amide bonds. The van der Waals surface area contributed by atoms with E-state index in [0.717, 1.165) is 5.56 Å². The average molecular weight is 325 g/mol. The first kappa shape index (κ1) is 16.1. The van der Waals surface area contributed by atoms with Gasteiger partial charge in [-0.15, -0.1) is 0 Å². The molecular formula is C18H19N3O3. The number of anilines is 1. The topological polar surface area (TPSA) is 88.2 Å².